The third-order valence-corrected chi connectivity index (χ3v) is 3.69. The van der Waals surface area contributed by atoms with Crippen molar-refractivity contribution in [3.05, 3.63) is 57.3 Å². The van der Waals surface area contributed by atoms with E-state index in [1.807, 2.05) is 6.07 Å². The van der Waals surface area contributed by atoms with Crippen LogP contribution in [-0.2, 0) is 13.1 Å². The molecular weight excluding hydrogens is 246 g/mol. The predicted molar refractivity (Wildman–Crippen MR) is 73.0 cm³/mol. The van der Waals surface area contributed by atoms with Gasteiger partial charge in [-0.2, -0.15) is 0 Å². The normalized spacial score (nSPS) is 10.5. The molecule has 18 heavy (non-hydrogen) atoms. The van der Waals surface area contributed by atoms with Crippen LogP contribution >= 0.6 is 11.3 Å². The second kappa shape index (κ2) is 5.80. The highest BCUT2D eigenvalue weighted by molar-refractivity contribution is 7.13. The van der Waals surface area contributed by atoms with E-state index in [1.165, 1.54) is 22.5 Å². The van der Waals surface area contributed by atoms with Gasteiger partial charge in [0.25, 0.3) is 0 Å². The zero-order valence-corrected chi connectivity index (χ0v) is 11.0. The van der Waals surface area contributed by atoms with Crippen LogP contribution in [0.3, 0.4) is 0 Å². The number of aromatic carboxylic acids is 1. The zero-order valence-electron chi connectivity index (χ0n) is 10.1. The van der Waals surface area contributed by atoms with Gasteiger partial charge in [-0.05, 0) is 24.6 Å². The summed E-state index contributed by atoms with van der Waals surface area (Å²) in [6.07, 6.45) is 0. The predicted octanol–water partition coefficient (Wildman–Crippen LogP) is 3.04. The minimum Gasteiger partial charge on any atom is -0.477 e. The van der Waals surface area contributed by atoms with Gasteiger partial charge in [0.1, 0.15) is 4.88 Å². The number of benzene rings is 1. The number of carboxylic acid groups (broad SMARTS) is 1. The fraction of sp³-hybridized carbons (Fsp3) is 0.214. The molecule has 3 nitrogen and oxygen atoms in total. The Bertz CT molecular complexity index is 531. The van der Waals surface area contributed by atoms with Crippen molar-refractivity contribution in [1.82, 2.24) is 5.32 Å². The highest BCUT2D eigenvalue weighted by Gasteiger charge is 2.06. The molecule has 0 aliphatic rings. The second-order valence-corrected chi connectivity index (χ2v) is 5.33. The third kappa shape index (κ3) is 3.42. The Morgan fingerprint density at radius 3 is 2.50 bits per heavy atom. The summed E-state index contributed by atoms with van der Waals surface area (Å²) < 4.78 is 0. The molecule has 2 N–H and O–H groups in total. The molecule has 0 saturated carbocycles. The lowest BCUT2D eigenvalue weighted by atomic mass is 10.1. The van der Waals surface area contributed by atoms with Crippen molar-refractivity contribution >= 4 is 17.3 Å². The summed E-state index contributed by atoms with van der Waals surface area (Å²) in [4.78, 5) is 12.2. The van der Waals surface area contributed by atoms with E-state index in [2.05, 4.69) is 36.5 Å². The fourth-order valence-electron chi connectivity index (χ4n) is 1.62. The molecule has 0 unspecified atom stereocenters. The van der Waals surface area contributed by atoms with Crippen LogP contribution in [0.4, 0.5) is 0 Å². The van der Waals surface area contributed by atoms with Gasteiger partial charge in [-0.3, -0.25) is 0 Å². The van der Waals surface area contributed by atoms with Gasteiger partial charge in [-0.1, -0.05) is 29.8 Å². The van der Waals surface area contributed by atoms with E-state index < -0.39 is 5.97 Å². The van der Waals surface area contributed by atoms with E-state index in [0.717, 1.165) is 11.4 Å². The minimum absolute atomic E-state index is 0.391. The lowest BCUT2D eigenvalue weighted by molar-refractivity contribution is 0.0702. The molecule has 0 spiro atoms. The van der Waals surface area contributed by atoms with E-state index in [4.69, 9.17) is 5.11 Å². The van der Waals surface area contributed by atoms with Crippen molar-refractivity contribution in [2.24, 2.45) is 0 Å². The van der Waals surface area contributed by atoms with Gasteiger partial charge in [-0.25, -0.2) is 4.79 Å². The molecule has 0 fully saturated rings. The maximum absolute atomic E-state index is 10.7. The van der Waals surface area contributed by atoms with Gasteiger partial charge in [0.15, 0.2) is 0 Å². The van der Waals surface area contributed by atoms with Crippen molar-refractivity contribution in [1.29, 1.82) is 0 Å². The van der Waals surface area contributed by atoms with Crippen LogP contribution in [0.5, 0.6) is 0 Å². The van der Waals surface area contributed by atoms with Crippen LogP contribution < -0.4 is 5.32 Å². The van der Waals surface area contributed by atoms with Crippen LogP contribution in [0.25, 0.3) is 0 Å². The number of carbonyl (C=O) groups is 1. The molecule has 0 bridgehead atoms. The molecule has 94 valence electrons. The third-order valence-electron chi connectivity index (χ3n) is 2.62. The van der Waals surface area contributed by atoms with Gasteiger partial charge >= 0.3 is 5.97 Å². The van der Waals surface area contributed by atoms with Crippen molar-refractivity contribution in [2.45, 2.75) is 20.0 Å². The Morgan fingerprint density at radius 1 is 1.17 bits per heavy atom. The Labute approximate surface area is 110 Å². The summed E-state index contributed by atoms with van der Waals surface area (Å²) in [6.45, 7) is 3.56. The first-order valence-electron chi connectivity index (χ1n) is 5.73. The van der Waals surface area contributed by atoms with Crippen LogP contribution in [0.15, 0.2) is 36.4 Å². The number of rotatable bonds is 5. The number of aryl methyl sites for hydroxylation is 1. The Hall–Kier alpha value is -1.65. The summed E-state index contributed by atoms with van der Waals surface area (Å²) in [5.41, 5.74) is 2.48. The largest absolute Gasteiger partial charge is 0.477 e. The molecular formula is C14H15NO2S. The Balaban J connectivity index is 1.84. The SMILES string of the molecule is Cc1ccc(CNCc2ccc(C(=O)O)s2)cc1. The summed E-state index contributed by atoms with van der Waals surface area (Å²) in [6, 6.07) is 11.9. The molecule has 1 aromatic carbocycles. The van der Waals surface area contributed by atoms with E-state index in [0.29, 0.717) is 11.4 Å². The van der Waals surface area contributed by atoms with Gasteiger partial charge in [0, 0.05) is 18.0 Å². The van der Waals surface area contributed by atoms with Crippen LogP contribution in [-0.4, -0.2) is 11.1 Å². The summed E-state index contributed by atoms with van der Waals surface area (Å²) in [5, 5.41) is 12.1. The summed E-state index contributed by atoms with van der Waals surface area (Å²) in [7, 11) is 0. The molecule has 0 radical (unpaired) electrons. The summed E-state index contributed by atoms with van der Waals surface area (Å²) in [5.74, 6) is -0.857. The van der Waals surface area contributed by atoms with Gasteiger partial charge < -0.3 is 10.4 Å². The molecule has 0 saturated heterocycles. The van der Waals surface area contributed by atoms with Crippen molar-refractivity contribution in [2.75, 3.05) is 0 Å². The maximum Gasteiger partial charge on any atom is 0.345 e. The quantitative estimate of drug-likeness (QED) is 0.869. The van der Waals surface area contributed by atoms with E-state index >= 15 is 0 Å². The molecule has 0 atom stereocenters. The Kier molecular flexibility index (Phi) is 4.12. The van der Waals surface area contributed by atoms with Crippen molar-refractivity contribution < 1.29 is 9.90 Å². The number of hydrogen-bond donors (Lipinski definition) is 2. The van der Waals surface area contributed by atoms with E-state index in [1.54, 1.807) is 6.07 Å². The first-order chi connectivity index (χ1) is 8.65. The maximum atomic E-state index is 10.7. The standard InChI is InChI=1S/C14H15NO2S/c1-10-2-4-11(5-3-10)8-15-9-12-6-7-13(18-12)14(16)17/h2-7,15H,8-9H2,1H3,(H,16,17). The Morgan fingerprint density at radius 2 is 1.89 bits per heavy atom. The minimum atomic E-state index is -0.857. The van der Waals surface area contributed by atoms with Crippen LogP contribution in [0.2, 0.25) is 0 Å². The first kappa shape index (κ1) is 12.8. The molecule has 1 aromatic heterocycles. The number of thiophene rings is 1. The number of nitrogens with one attached hydrogen (secondary N) is 1. The van der Waals surface area contributed by atoms with Gasteiger partial charge in [-0.15, -0.1) is 11.3 Å². The van der Waals surface area contributed by atoms with Crippen LogP contribution in [0.1, 0.15) is 25.7 Å². The van der Waals surface area contributed by atoms with Gasteiger partial charge in [0.05, 0.1) is 0 Å². The molecule has 0 aliphatic heterocycles. The fourth-order valence-corrected chi connectivity index (χ4v) is 2.44. The molecule has 0 amide bonds. The number of hydrogen-bond acceptors (Lipinski definition) is 3. The van der Waals surface area contributed by atoms with Crippen molar-refractivity contribution in [3.63, 3.8) is 0 Å². The highest BCUT2D eigenvalue weighted by atomic mass is 32.1. The molecule has 2 aromatic rings. The lowest BCUT2D eigenvalue weighted by Gasteiger charge is -2.03. The topological polar surface area (TPSA) is 49.3 Å². The molecule has 2 rings (SSSR count). The molecule has 1 heterocycles. The molecule has 4 heteroatoms. The first-order valence-corrected chi connectivity index (χ1v) is 6.55. The average molecular weight is 261 g/mol. The lowest BCUT2D eigenvalue weighted by Crippen LogP contribution is -2.11. The highest BCUT2D eigenvalue weighted by Crippen LogP contribution is 2.16. The average Bonchev–Trinajstić information content (AvgIpc) is 2.81. The summed E-state index contributed by atoms with van der Waals surface area (Å²) >= 11 is 1.32. The molecule has 0 aliphatic carbocycles. The monoisotopic (exact) mass is 261 g/mol. The van der Waals surface area contributed by atoms with Crippen molar-refractivity contribution in [3.8, 4) is 0 Å². The smallest absolute Gasteiger partial charge is 0.345 e. The van der Waals surface area contributed by atoms with Gasteiger partial charge in [0.2, 0.25) is 0 Å². The van der Waals surface area contributed by atoms with Crippen LogP contribution in [0, 0.1) is 6.92 Å². The second-order valence-electron chi connectivity index (χ2n) is 4.16. The van der Waals surface area contributed by atoms with E-state index in [-0.39, 0.29) is 0 Å². The number of carboxylic acids is 1. The zero-order chi connectivity index (χ0) is 13.0. The van der Waals surface area contributed by atoms with E-state index in [9.17, 15) is 4.79 Å².